The molecule has 4 heteroatoms. The van der Waals surface area contributed by atoms with Crippen molar-refractivity contribution in [3.8, 4) is 0 Å². The summed E-state index contributed by atoms with van der Waals surface area (Å²) in [4.78, 5) is 28.7. The summed E-state index contributed by atoms with van der Waals surface area (Å²) in [5.41, 5.74) is 2.33. The first-order valence-corrected chi connectivity index (χ1v) is 17.5. The second-order valence-electron chi connectivity index (χ2n) is 11.7. The number of nitrogens with one attached hydrogen (secondary N) is 1. The molecule has 0 aliphatic heterocycles. The van der Waals surface area contributed by atoms with Gasteiger partial charge in [-0.1, -0.05) is 141 Å². The Kier molecular flexibility index (Phi) is 32.3. The van der Waals surface area contributed by atoms with Crippen LogP contribution in [-0.2, 0) is 14.4 Å². The van der Waals surface area contributed by atoms with E-state index in [2.05, 4.69) is 43.6 Å². The lowest BCUT2D eigenvalue weighted by atomic mass is 10.1. The zero-order valence-electron chi connectivity index (χ0n) is 26.8. The van der Waals surface area contributed by atoms with Gasteiger partial charge in [-0.15, -0.1) is 0 Å². The van der Waals surface area contributed by atoms with Crippen LogP contribution in [0.25, 0.3) is 0 Å². The topological polar surface area (TPSA) is 55.4 Å². The van der Waals surface area contributed by atoms with Crippen molar-refractivity contribution in [2.45, 2.75) is 194 Å². The third-order valence-corrected chi connectivity index (χ3v) is 7.59. The summed E-state index contributed by atoms with van der Waals surface area (Å²) in [6, 6.07) is 0. The van der Waals surface area contributed by atoms with Crippen LogP contribution < -0.4 is 5.48 Å². The van der Waals surface area contributed by atoms with Gasteiger partial charge in [-0.2, -0.15) is 5.48 Å². The molecule has 0 atom stereocenters. The Morgan fingerprint density at radius 1 is 0.450 bits per heavy atom. The molecule has 0 aliphatic carbocycles. The number of carbonyl (C=O) groups is 2. The van der Waals surface area contributed by atoms with E-state index < -0.39 is 0 Å². The minimum absolute atomic E-state index is 0.185. The number of rotatable bonds is 30. The summed E-state index contributed by atoms with van der Waals surface area (Å²) < 4.78 is 0. The van der Waals surface area contributed by atoms with E-state index in [1.807, 2.05) is 0 Å². The Bertz CT molecular complexity index is 547. The number of allylic oxidation sites excluding steroid dienone is 4. The molecule has 0 radical (unpaired) electrons. The Balaban J connectivity index is 3.36. The van der Waals surface area contributed by atoms with Gasteiger partial charge in [-0.25, -0.2) is 4.79 Å². The molecule has 0 aromatic heterocycles. The van der Waals surface area contributed by atoms with Crippen molar-refractivity contribution in [2.24, 2.45) is 0 Å². The summed E-state index contributed by atoms with van der Waals surface area (Å²) in [7, 11) is 0. The maximum atomic E-state index is 11.9. The van der Waals surface area contributed by atoms with Crippen molar-refractivity contribution in [1.29, 1.82) is 0 Å². The Morgan fingerprint density at radius 3 is 1.18 bits per heavy atom. The Labute approximate surface area is 249 Å². The molecule has 1 N–H and O–H groups in total. The van der Waals surface area contributed by atoms with Gasteiger partial charge < -0.3 is 4.84 Å². The van der Waals surface area contributed by atoms with Crippen molar-refractivity contribution >= 4 is 11.9 Å². The van der Waals surface area contributed by atoms with Crippen molar-refractivity contribution < 1.29 is 14.4 Å². The van der Waals surface area contributed by atoms with E-state index in [-0.39, 0.29) is 11.9 Å². The maximum absolute atomic E-state index is 11.9. The first kappa shape index (κ1) is 38.4. The van der Waals surface area contributed by atoms with Crippen LogP contribution in [0.2, 0.25) is 0 Å². The average Bonchev–Trinajstić information content (AvgIpc) is 2.96. The highest BCUT2D eigenvalue weighted by atomic mass is 16.7. The van der Waals surface area contributed by atoms with Crippen LogP contribution in [0, 0.1) is 0 Å². The lowest BCUT2D eigenvalue weighted by Crippen LogP contribution is -2.26. The molecule has 40 heavy (non-hydrogen) atoms. The minimum Gasteiger partial charge on any atom is -0.341 e. The van der Waals surface area contributed by atoms with Crippen LogP contribution in [-0.4, -0.2) is 11.9 Å². The third-order valence-electron chi connectivity index (χ3n) is 7.59. The summed E-state index contributed by atoms with van der Waals surface area (Å²) in [6.07, 6.45) is 42.3. The molecule has 1 amide bonds. The number of amides is 1. The van der Waals surface area contributed by atoms with E-state index in [0.717, 1.165) is 38.5 Å². The fourth-order valence-corrected chi connectivity index (χ4v) is 4.91. The molecule has 0 rings (SSSR count). The van der Waals surface area contributed by atoms with Crippen molar-refractivity contribution in [1.82, 2.24) is 5.48 Å². The second kappa shape index (κ2) is 33.6. The van der Waals surface area contributed by atoms with Crippen LogP contribution in [0.5, 0.6) is 0 Å². The third kappa shape index (κ3) is 32.6. The van der Waals surface area contributed by atoms with E-state index in [0.29, 0.717) is 12.8 Å². The molecule has 0 fully saturated rings. The summed E-state index contributed by atoms with van der Waals surface area (Å²) in [5.74, 6) is -0.508. The van der Waals surface area contributed by atoms with Gasteiger partial charge in [-0.05, 0) is 64.2 Å². The van der Waals surface area contributed by atoms with E-state index in [1.54, 1.807) is 0 Å². The summed E-state index contributed by atoms with van der Waals surface area (Å²) >= 11 is 0. The number of hydroxylamine groups is 1. The maximum Gasteiger partial charge on any atom is 0.332 e. The number of carbonyl (C=O) groups excluding carboxylic acids is 2. The largest absolute Gasteiger partial charge is 0.341 e. The Hall–Kier alpha value is -1.58. The molecule has 0 unspecified atom stereocenters. The SMILES string of the molecule is CCCCCCCC/C=C\CCCCCCCC(=O)NOC(=O)CCCCCCC/C=C\CCCCCCCC. The second-order valence-corrected chi connectivity index (χ2v) is 11.7. The first-order chi connectivity index (χ1) is 19.7. The van der Waals surface area contributed by atoms with Gasteiger partial charge in [0.05, 0.1) is 0 Å². The lowest BCUT2D eigenvalue weighted by Gasteiger charge is -2.06. The number of hydrogen-bond donors (Lipinski definition) is 1. The van der Waals surface area contributed by atoms with Gasteiger partial charge in [-0.3, -0.25) is 4.79 Å². The zero-order valence-corrected chi connectivity index (χ0v) is 26.8. The quantitative estimate of drug-likeness (QED) is 0.0539. The standard InChI is InChI=1S/C36H67NO3/c1-3-5-7-9-11-13-15-17-19-21-23-25-27-29-31-33-35(38)37-40-36(39)34-32-30-28-26-24-22-20-18-16-14-12-10-8-6-4-2/h17-20H,3-16,21-34H2,1-2H3,(H,37,38)/b19-17-,20-18-. The van der Waals surface area contributed by atoms with E-state index in [1.165, 1.54) is 128 Å². The molecule has 0 saturated heterocycles. The van der Waals surface area contributed by atoms with E-state index >= 15 is 0 Å². The van der Waals surface area contributed by atoms with Crippen LogP contribution in [0.4, 0.5) is 0 Å². The summed E-state index contributed by atoms with van der Waals surface area (Å²) in [6.45, 7) is 4.53. The number of unbranched alkanes of at least 4 members (excludes halogenated alkanes) is 22. The smallest absolute Gasteiger partial charge is 0.332 e. The fraction of sp³-hybridized carbons (Fsp3) is 0.833. The predicted molar refractivity (Wildman–Crippen MR) is 173 cm³/mol. The van der Waals surface area contributed by atoms with Crippen LogP contribution in [0.1, 0.15) is 194 Å². The summed E-state index contributed by atoms with van der Waals surface area (Å²) in [5, 5.41) is 0. The van der Waals surface area contributed by atoms with Gasteiger partial charge in [0.1, 0.15) is 0 Å². The van der Waals surface area contributed by atoms with Gasteiger partial charge in [0.2, 0.25) is 0 Å². The average molecular weight is 562 g/mol. The molecule has 0 aromatic carbocycles. The highest BCUT2D eigenvalue weighted by Crippen LogP contribution is 2.12. The van der Waals surface area contributed by atoms with E-state index in [9.17, 15) is 9.59 Å². The number of hydrogen-bond acceptors (Lipinski definition) is 3. The fourth-order valence-electron chi connectivity index (χ4n) is 4.91. The normalized spacial score (nSPS) is 11.6. The molecule has 0 heterocycles. The van der Waals surface area contributed by atoms with Gasteiger partial charge in [0.25, 0.3) is 5.91 Å². The van der Waals surface area contributed by atoms with Crippen molar-refractivity contribution in [2.75, 3.05) is 0 Å². The molecule has 0 aliphatic rings. The molecule has 0 aromatic rings. The first-order valence-electron chi connectivity index (χ1n) is 17.5. The van der Waals surface area contributed by atoms with E-state index in [4.69, 9.17) is 4.84 Å². The predicted octanol–water partition coefficient (Wildman–Crippen LogP) is 11.6. The monoisotopic (exact) mass is 562 g/mol. The van der Waals surface area contributed by atoms with Gasteiger partial charge >= 0.3 is 5.97 Å². The minimum atomic E-state index is -0.324. The highest BCUT2D eigenvalue weighted by molar-refractivity contribution is 5.77. The molecular weight excluding hydrogens is 494 g/mol. The molecule has 0 saturated carbocycles. The van der Waals surface area contributed by atoms with Crippen LogP contribution in [0.3, 0.4) is 0 Å². The molecular formula is C36H67NO3. The molecule has 0 bridgehead atoms. The zero-order chi connectivity index (χ0) is 29.2. The molecule has 0 spiro atoms. The molecule has 234 valence electrons. The van der Waals surface area contributed by atoms with Gasteiger partial charge in [0, 0.05) is 12.8 Å². The highest BCUT2D eigenvalue weighted by Gasteiger charge is 2.06. The van der Waals surface area contributed by atoms with Gasteiger partial charge in [0.15, 0.2) is 0 Å². The lowest BCUT2D eigenvalue weighted by molar-refractivity contribution is -0.158. The van der Waals surface area contributed by atoms with Crippen molar-refractivity contribution in [3.05, 3.63) is 24.3 Å². The van der Waals surface area contributed by atoms with Crippen LogP contribution >= 0.6 is 0 Å². The molecule has 4 nitrogen and oxygen atoms in total. The van der Waals surface area contributed by atoms with Crippen molar-refractivity contribution in [3.63, 3.8) is 0 Å². The van der Waals surface area contributed by atoms with Crippen LogP contribution in [0.15, 0.2) is 24.3 Å². The Morgan fingerprint density at radius 2 is 0.775 bits per heavy atom.